The number of benzene rings is 4. The summed E-state index contributed by atoms with van der Waals surface area (Å²) < 4.78 is 27.0. The van der Waals surface area contributed by atoms with Crippen molar-refractivity contribution in [3.05, 3.63) is 113 Å². The maximum Gasteiger partial charge on any atom is 1.00 e. The van der Waals surface area contributed by atoms with Crippen molar-refractivity contribution in [2.45, 2.75) is 18.2 Å². The van der Waals surface area contributed by atoms with Crippen LogP contribution in [0.25, 0.3) is 16.8 Å². The number of nitrogens with one attached hydrogen (secondary N) is 2. The molecule has 0 atom stereocenters. The van der Waals surface area contributed by atoms with Gasteiger partial charge < -0.3 is 6.74 Å². The number of fused-ring (bicyclic) bond motifs is 1. The predicted octanol–water partition coefficient (Wildman–Crippen LogP) is 2.20. The molecule has 0 saturated carbocycles. The third-order valence-electron chi connectivity index (χ3n) is 5.83. The third kappa shape index (κ3) is 7.26. The van der Waals surface area contributed by atoms with E-state index in [0.29, 0.717) is 21.3 Å². The van der Waals surface area contributed by atoms with Crippen molar-refractivity contribution in [3.63, 3.8) is 0 Å². The Morgan fingerprint density at radius 1 is 0.974 bits per heavy atom. The quantitative estimate of drug-likeness (QED) is 0.276. The van der Waals surface area contributed by atoms with E-state index in [4.69, 9.17) is 0 Å². The SMILES string of the molecule is Cc1ccc(S(=O)(=O)NC(=O)Cc2ccc(N=C3NC(=O)C(=Cc4ccc5ccccc5c4)S3)cc2)cc1.[H-].[Na+]. The molecule has 192 valence electrons. The fourth-order valence-corrected chi connectivity index (χ4v) is 5.71. The normalized spacial score (nSPS) is 15.3. The first-order valence-corrected chi connectivity index (χ1v) is 14.0. The summed E-state index contributed by atoms with van der Waals surface area (Å²) in [5, 5.41) is 5.46. The molecule has 2 N–H and O–H groups in total. The van der Waals surface area contributed by atoms with Crippen molar-refractivity contribution in [3.8, 4) is 0 Å². The molecule has 0 aliphatic carbocycles. The second kappa shape index (κ2) is 12.3. The van der Waals surface area contributed by atoms with E-state index in [-0.39, 0.29) is 48.2 Å². The second-order valence-electron chi connectivity index (χ2n) is 8.77. The zero-order valence-corrected chi connectivity index (χ0v) is 25.0. The first-order chi connectivity index (χ1) is 18.2. The number of amidine groups is 1. The van der Waals surface area contributed by atoms with Crippen LogP contribution in [0.1, 0.15) is 18.1 Å². The maximum atomic E-state index is 12.5. The van der Waals surface area contributed by atoms with Crippen LogP contribution < -0.4 is 39.6 Å². The number of aryl methyl sites for hydroxylation is 1. The van der Waals surface area contributed by atoms with E-state index in [0.717, 1.165) is 21.9 Å². The van der Waals surface area contributed by atoms with Crippen molar-refractivity contribution in [1.29, 1.82) is 0 Å². The van der Waals surface area contributed by atoms with Gasteiger partial charge in [-0.1, -0.05) is 66.2 Å². The van der Waals surface area contributed by atoms with Crippen LogP contribution in [0.15, 0.2) is 106 Å². The zero-order valence-electron chi connectivity index (χ0n) is 22.3. The number of amides is 2. The van der Waals surface area contributed by atoms with Crippen LogP contribution in [0.3, 0.4) is 0 Å². The number of hydrogen-bond acceptors (Lipinski definition) is 6. The van der Waals surface area contributed by atoms with Crippen LogP contribution in [0.2, 0.25) is 0 Å². The fraction of sp³-hybridized carbons (Fsp3) is 0.0690. The summed E-state index contributed by atoms with van der Waals surface area (Å²) in [4.78, 5) is 29.9. The van der Waals surface area contributed by atoms with Crippen molar-refractivity contribution in [2.75, 3.05) is 0 Å². The second-order valence-corrected chi connectivity index (χ2v) is 11.5. The molecular formula is C29H24N3NaO4S2. The van der Waals surface area contributed by atoms with Gasteiger partial charge in [-0.25, -0.2) is 18.1 Å². The molecule has 1 aliphatic rings. The number of carbonyl (C=O) groups excluding carboxylic acids is 2. The molecular weight excluding hydrogens is 541 g/mol. The molecule has 0 unspecified atom stereocenters. The molecule has 5 rings (SSSR count). The summed E-state index contributed by atoms with van der Waals surface area (Å²) in [5.74, 6) is -0.850. The molecule has 1 saturated heterocycles. The molecule has 0 spiro atoms. The summed E-state index contributed by atoms with van der Waals surface area (Å²) in [5.41, 5.74) is 3.07. The fourth-order valence-electron chi connectivity index (χ4n) is 3.88. The number of hydrogen-bond donors (Lipinski definition) is 2. The average molecular weight is 566 g/mol. The standard InChI is InChI=1S/C29H23N3O4S2.Na.H/c1-19-6-14-25(15-7-19)38(35,36)32-27(33)18-20-9-12-24(13-10-20)30-29-31-28(34)26(37-29)17-21-8-11-22-4-2-3-5-23(22)16-21;;/h2-17H,18H2,1H3,(H,32,33)(H,30,31,34);;/q;+1;-1. The first kappa shape index (κ1) is 28.8. The molecule has 10 heteroatoms. The van der Waals surface area contributed by atoms with Gasteiger partial charge in [-0.2, -0.15) is 0 Å². The zero-order chi connectivity index (χ0) is 26.7. The van der Waals surface area contributed by atoms with Gasteiger partial charge in [0.2, 0.25) is 5.91 Å². The van der Waals surface area contributed by atoms with E-state index in [1.165, 1.54) is 23.9 Å². The van der Waals surface area contributed by atoms with Gasteiger partial charge in [-0.05, 0) is 77.0 Å². The van der Waals surface area contributed by atoms with E-state index in [1.807, 2.05) is 55.5 Å². The Labute approximate surface area is 254 Å². The molecule has 4 aromatic rings. The Morgan fingerprint density at radius 2 is 1.67 bits per heavy atom. The van der Waals surface area contributed by atoms with E-state index >= 15 is 0 Å². The largest absolute Gasteiger partial charge is 1.00 e. The van der Waals surface area contributed by atoms with E-state index in [1.54, 1.807) is 36.4 Å². The van der Waals surface area contributed by atoms with Gasteiger partial charge in [-0.15, -0.1) is 0 Å². The Hall–Kier alpha value is -3.21. The van der Waals surface area contributed by atoms with E-state index < -0.39 is 15.9 Å². The number of carbonyl (C=O) groups is 2. The summed E-state index contributed by atoms with van der Waals surface area (Å²) in [7, 11) is -3.93. The van der Waals surface area contributed by atoms with Gasteiger partial charge in [0, 0.05) is 0 Å². The topological polar surface area (TPSA) is 105 Å². The van der Waals surface area contributed by atoms with Crippen molar-refractivity contribution in [2.24, 2.45) is 4.99 Å². The molecule has 39 heavy (non-hydrogen) atoms. The molecule has 7 nitrogen and oxygen atoms in total. The molecule has 4 aromatic carbocycles. The first-order valence-electron chi connectivity index (χ1n) is 11.7. The minimum absolute atomic E-state index is 0. The molecule has 0 radical (unpaired) electrons. The Bertz CT molecular complexity index is 1720. The number of sulfonamides is 1. The minimum Gasteiger partial charge on any atom is -1.00 e. The molecule has 1 heterocycles. The van der Waals surface area contributed by atoms with Crippen molar-refractivity contribution in [1.82, 2.24) is 10.0 Å². The summed E-state index contributed by atoms with van der Waals surface area (Å²) in [6.07, 6.45) is 1.73. The summed E-state index contributed by atoms with van der Waals surface area (Å²) >= 11 is 1.25. The van der Waals surface area contributed by atoms with E-state index in [9.17, 15) is 18.0 Å². The molecule has 0 bridgehead atoms. The van der Waals surface area contributed by atoms with Gasteiger partial charge in [0.05, 0.1) is 21.9 Å². The number of rotatable bonds is 6. The molecule has 0 aromatic heterocycles. The van der Waals surface area contributed by atoms with Gasteiger partial charge in [0.1, 0.15) is 0 Å². The Balaban J connectivity index is 0.00000220. The monoisotopic (exact) mass is 565 g/mol. The summed E-state index contributed by atoms with van der Waals surface area (Å²) in [6, 6.07) is 27.1. The number of thioether (sulfide) groups is 1. The van der Waals surface area contributed by atoms with Gasteiger partial charge in [0.25, 0.3) is 15.9 Å². The predicted molar refractivity (Wildman–Crippen MR) is 153 cm³/mol. The maximum absolute atomic E-state index is 12.5. The van der Waals surface area contributed by atoms with E-state index in [2.05, 4.69) is 15.0 Å². The van der Waals surface area contributed by atoms with Crippen LogP contribution in [0.4, 0.5) is 5.69 Å². The molecule has 2 amide bonds. The van der Waals surface area contributed by atoms with Crippen molar-refractivity contribution >= 4 is 61.3 Å². The van der Waals surface area contributed by atoms with Gasteiger partial charge in [-0.3, -0.25) is 9.59 Å². The molecule has 1 fully saturated rings. The average Bonchev–Trinajstić information content (AvgIpc) is 3.23. The number of aliphatic imine (C=N–C) groups is 1. The van der Waals surface area contributed by atoms with Crippen LogP contribution in [-0.4, -0.2) is 25.4 Å². The Kier molecular flexibility index (Phi) is 9.09. The minimum atomic E-state index is -3.93. The third-order valence-corrected chi connectivity index (χ3v) is 8.13. The van der Waals surface area contributed by atoms with Crippen LogP contribution in [0, 0.1) is 6.92 Å². The molecule has 1 aliphatic heterocycles. The Morgan fingerprint density at radius 3 is 2.38 bits per heavy atom. The van der Waals surface area contributed by atoms with Crippen molar-refractivity contribution < 1.29 is 49.0 Å². The number of nitrogens with zero attached hydrogens (tertiary/aromatic N) is 1. The van der Waals surface area contributed by atoms with Crippen LogP contribution in [0.5, 0.6) is 0 Å². The summed E-state index contributed by atoms with van der Waals surface area (Å²) in [6.45, 7) is 1.85. The van der Waals surface area contributed by atoms with Crippen LogP contribution in [-0.2, 0) is 26.0 Å². The van der Waals surface area contributed by atoms with Crippen LogP contribution >= 0.6 is 11.8 Å². The van der Waals surface area contributed by atoms with Gasteiger partial charge in [0.15, 0.2) is 5.17 Å². The van der Waals surface area contributed by atoms with Gasteiger partial charge >= 0.3 is 29.6 Å². The smallest absolute Gasteiger partial charge is 1.00 e.